The minimum absolute atomic E-state index is 0.186. The number of nitrogens with zero attached hydrogens (tertiary/aromatic N) is 2. The van der Waals surface area contributed by atoms with E-state index in [9.17, 15) is 9.00 Å². The zero-order chi connectivity index (χ0) is 27.1. The smallest absolute Gasteiger partial charge is 0.419 e. The van der Waals surface area contributed by atoms with Crippen molar-refractivity contribution in [1.82, 2.24) is 9.47 Å². The number of aryl methyl sites for hydroxylation is 1. The first-order chi connectivity index (χ1) is 17.3. The fourth-order valence-corrected chi connectivity index (χ4v) is 5.91. The maximum Gasteiger partial charge on any atom is 0.419 e. The molecule has 0 amide bonds. The van der Waals surface area contributed by atoms with Crippen LogP contribution < -0.4 is 4.74 Å². The normalized spacial score (nSPS) is 20.5. The molecule has 1 N–H and O–H groups in total. The lowest BCUT2D eigenvalue weighted by Gasteiger charge is -2.39. The number of hydrogen-bond acceptors (Lipinski definition) is 6. The molecular formula is C29H39N3O4S. The molecule has 37 heavy (non-hydrogen) atoms. The molecule has 8 heteroatoms. The van der Waals surface area contributed by atoms with Crippen molar-refractivity contribution in [2.75, 3.05) is 19.9 Å². The average molecular weight is 526 g/mol. The van der Waals surface area contributed by atoms with E-state index in [-0.39, 0.29) is 6.04 Å². The van der Waals surface area contributed by atoms with E-state index < -0.39 is 21.4 Å². The topological polar surface area (TPSA) is 84.6 Å². The Balaban J connectivity index is 1.74. The van der Waals surface area contributed by atoms with Gasteiger partial charge >= 0.3 is 6.09 Å². The van der Waals surface area contributed by atoms with Gasteiger partial charge in [0.05, 0.1) is 22.4 Å². The zero-order valence-corrected chi connectivity index (χ0v) is 23.8. The third kappa shape index (κ3) is 5.85. The van der Waals surface area contributed by atoms with E-state index in [4.69, 9.17) is 14.3 Å². The van der Waals surface area contributed by atoms with Gasteiger partial charge in [-0.1, -0.05) is 19.1 Å². The number of likely N-dealkylation sites (tertiary alicyclic amines) is 1. The lowest BCUT2D eigenvalue weighted by molar-refractivity contribution is 0.0544. The second kappa shape index (κ2) is 10.1. The Morgan fingerprint density at radius 1 is 1.19 bits per heavy atom. The largest absolute Gasteiger partial charge is 0.496 e. The number of nitrogens with one attached hydrogen (secondary N) is 1. The summed E-state index contributed by atoms with van der Waals surface area (Å²) in [6.45, 7) is 11.5. The predicted octanol–water partition coefficient (Wildman–Crippen LogP) is 6.75. The minimum Gasteiger partial charge on any atom is -0.496 e. The van der Waals surface area contributed by atoms with E-state index in [2.05, 4.69) is 11.8 Å². The summed E-state index contributed by atoms with van der Waals surface area (Å²) >= 11 is 0. The third-order valence-corrected chi connectivity index (χ3v) is 8.26. The molecule has 0 unspecified atom stereocenters. The maximum absolute atomic E-state index is 13.0. The molecule has 0 bridgehead atoms. The lowest BCUT2D eigenvalue weighted by Crippen LogP contribution is -2.36. The molecule has 7 nitrogen and oxygen atoms in total. The Hall–Kier alpha value is -2.84. The molecule has 3 atom stereocenters. The first-order valence-electron chi connectivity index (χ1n) is 12.8. The number of fused-ring (bicyclic) bond motifs is 1. The van der Waals surface area contributed by atoms with Gasteiger partial charge < -0.3 is 9.47 Å². The van der Waals surface area contributed by atoms with Gasteiger partial charge in [0.25, 0.3) is 0 Å². The Morgan fingerprint density at radius 3 is 2.46 bits per heavy atom. The molecule has 0 radical (unpaired) electrons. The highest BCUT2D eigenvalue weighted by Crippen LogP contribution is 2.39. The van der Waals surface area contributed by atoms with Crippen molar-refractivity contribution < 1.29 is 18.5 Å². The molecule has 1 aromatic heterocycles. The van der Waals surface area contributed by atoms with E-state index in [1.807, 2.05) is 64.1 Å². The maximum atomic E-state index is 13.0. The van der Waals surface area contributed by atoms with Crippen LogP contribution in [0.5, 0.6) is 5.75 Å². The lowest BCUT2D eigenvalue weighted by atomic mass is 9.87. The van der Waals surface area contributed by atoms with Gasteiger partial charge in [0, 0.05) is 40.9 Å². The van der Waals surface area contributed by atoms with Gasteiger partial charge in [-0.3, -0.25) is 9.47 Å². The summed E-state index contributed by atoms with van der Waals surface area (Å²) in [5, 5.41) is 0.982. The van der Waals surface area contributed by atoms with Crippen LogP contribution in [0.15, 0.2) is 47.5 Å². The van der Waals surface area contributed by atoms with Crippen LogP contribution >= 0.6 is 0 Å². The van der Waals surface area contributed by atoms with Crippen molar-refractivity contribution in [2.24, 2.45) is 5.92 Å². The minimum atomic E-state index is -2.75. The Bertz CT molecular complexity index is 1400. The summed E-state index contributed by atoms with van der Waals surface area (Å²) in [7, 11) is -1.06. The van der Waals surface area contributed by atoms with Gasteiger partial charge in [0.1, 0.15) is 11.4 Å². The number of rotatable bonds is 5. The van der Waals surface area contributed by atoms with Crippen molar-refractivity contribution in [3.8, 4) is 5.75 Å². The summed E-state index contributed by atoms with van der Waals surface area (Å²) in [6, 6.07) is 11.9. The molecule has 2 aromatic carbocycles. The van der Waals surface area contributed by atoms with E-state index >= 15 is 0 Å². The number of ether oxygens (including phenoxy) is 2. The van der Waals surface area contributed by atoms with E-state index in [0.717, 1.165) is 52.7 Å². The highest BCUT2D eigenvalue weighted by Gasteiger charge is 2.30. The zero-order valence-electron chi connectivity index (χ0n) is 23.0. The number of methoxy groups -OCH3 is 1. The van der Waals surface area contributed by atoms with Gasteiger partial charge in [0.2, 0.25) is 0 Å². The standard InChI is InChI=1S/C29H39N3O4S/c1-19-12-14-31(25(16-19)21-8-10-22(11-9-21)37(7,30)34)18-24-23-13-15-32(28(33)36-29(3,4)5)27(23)20(2)17-26(24)35-6/h8-11,13,15,17,19,25,30H,12,14,16,18H2,1-7H3/t19-,25+,37-/m1/s1. The van der Waals surface area contributed by atoms with Crippen LogP contribution in [-0.4, -0.2) is 45.3 Å². The molecule has 1 saturated heterocycles. The molecule has 0 saturated carbocycles. The van der Waals surface area contributed by atoms with Crippen molar-refractivity contribution >= 4 is 26.7 Å². The van der Waals surface area contributed by atoms with Crippen LogP contribution in [0.3, 0.4) is 0 Å². The summed E-state index contributed by atoms with van der Waals surface area (Å²) in [6.07, 6.45) is 4.95. The number of carbonyl (C=O) groups is 1. The summed E-state index contributed by atoms with van der Waals surface area (Å²) in [4.78, 5) is 16.0. The first-order valence-corrected chi connectivity index (χ1v) is 14.7. The van der Waals surface area contributed by atoms with Crippen LogP contribution in [0, 0.1) is 17.6 Å². The van der Waals surface area contributed by atoms with Gasteiger partial charge in [-0.15, -0.1) is 0 Å². The van der Waals surface area contributed by atoms with Crippen LogP contribution in [0.1, 0.15) is 63.3 Å². The Morgan fingerprint density at radius 2 is 1.86 bits per heavy atom. The van der Waals surface area contributed by atoms with E-state index in [1.165, 1.54) is 6.26 Å². The van der Waals surface area contributed by atoms with E-state index in [1.54, 1.807) is 17.9 Å². The van der Waals surface area contributed by atoms with Gasteiger partial charge in [-0.25, -0.2) is 13.8 Å². The van der Waals surface area contributed by atoms with Crippen molar-refractivity contribution in [1.29, 1.82) is 4.78 Å². The van der Waals surface area contributed by atoms with Crippen LogP contribution in [0.4, 0.5) is 4.79 Å². The molecule has 200 valence electrons. The molecule has 1 fully saturated rings. The molecule has 3 aromatic rings. The molecule has 4 rings (SSSR count). The van der Waals surface area contributed by atoms with Crippen molar-refractivity contribution in [2.45, 2.75) is 70.5 Å². The van der Waals surface area contributed by atoms with Gasteiger partial charge in [-0.05, 0) is 88.4 Å². The molecule has 1 aliphatic rings. The number of carbonyl (C=O) groups excluding carboxylic acids is 1. The molecule has 2 heterocycles. The van der Waals surface area contributed by atoms with Crippen LogP contribution in [0.25, 0.3) is 10.9 Å². The Kier molecular flexibility index (Phi) is 7.45. The highest BCUT2D eigenvalue weighted by atomic mass is 32.2. The fraction of sp³-hybridized carbons (Fsp3) is 0.483. The SMILES string of the molecule is COc1cc(C)c2c(ccn2C(=O)OC(C)(C)C)c1CN1CC[C@@H](C)C[C@H]1c1ccc([S@](C)(=N)=O)cc1. The number of piperidine rings is 1. The fourth-order valence-electron chi connectivity index (χ4n) is 5.25. The van der Waals surface area contributed by atoms with Crippen molar-refractivity contribution in [3.63, 3.8) is 0 Å². The number of aromatic nitrogens is 1. The Labute approximate surface area is 220 Å². The van der Waals surface area contributed by atoms with Gasteiger partial charge in [-0.2, -0.15) is 0 Å². The summed E-state index contributed by atoms with van der Waals surface area (Å²) in [5.41, 5.74) is 3.40. The quantitative estimate of drug-likeness (QED) is 0.398. The predicted molar refractivity (Wildman–Crippen MR) is 148 cm³/mol. The average Bonchev–Trinajstić information content (AvgIpc) is 3.26. The molecule has 0 spiro atoms. The molecular weight excluding hydrogens is 486 g/mol. The molecule has 0 aliphatic carbocycles. The monoisotopic (exact) mass is 525 g/mol. The molecule has 1 aliphatic heterocycles. The van der Waals surface area contributed by atoms with E-state index in [0.29, 0.717) is 17.4 Å². The number of benzene rings is 2. The van der Waals surface area contributed by atoms with Gasteiger partial charge in [0.15, 0.2) is 0 Å². The summed E-state index contributed by atoms with van der Waals surface area (Å²) < 4.78 is 33.2. The second-order valence-electron chi connectivity index (χ2n) is 11.3. The number of hydrogen-bond donors (Lipinski definition) is 1. The van der Waals surface area contributed by atoms with Crippen molar-refractivity contribution in [3.05, 3.63) is 59.3 Å². The van der Waals surface area contributed by atoms with Crippen LogP contribution in [0.2, 0.25) is 0 Å². The first kappa shape index (κ1) is 27.2. The third-order valence-electron chi connectivity index (χ3n) is 7.09. The van der Waals surface area contributed by atoms with Crippen LogP contribution in [-0.2, 0) is 21.0 Å². The summed E-state index contributed by atoms with van der Waals surface area (Å²) in [5.74, 6) is 1.39. The second-order valence-corrected chi connectivity index (χ2v) is 13.5. The highest BCUT2D eigenvalue weighted by molar-refractivity contribution is 7.91.